The summed E-state index contributed by atoms with van der Waals surface area (Å²) in [6.07, 6.45) is 8.71. The van der Waals surface area contributed by atoms with E-state index in [0.29, 0.717) is 17.2 Å². The lowest BCUT2D eigenvalue weighted by Gasteiger charge is -2.15. The molecule has 0 atom stereocenters. The van der Waals surface area contributed by atoms with Crippen LogP contribution in [0.5, 0.6) is 17.2 Å². The van der Waals surface area contributed by atoms with E-state index in [9.17, 15) is 0 Å². The molecule has 3 heteroatoms. The molecule has 0 saturated heterocycles. The fraction of sp³-hybridized carbons (Fsp3) is 0.333. The van der Waals surface area contributed by atoms with Crippen LogP contribution in [0.15, 0.2) is 30.4 Å². The summed E-state index contributed by atoms with van der Waals surface area (Å²) in [5.41, 5.74) is 2.28. The molecule has 0 unspecified atom stereocenters. The molecule has 0 aromatic heterocycles. The smallest absolute Gasteiger partial charge is 0.203 e. The highest BCUT2D eigenvalue weighted by Crippen LogP contribution is 2.40. The van der Waals surface area contributed by atoms with E-state index >= 15 is 0 Å². The molecule has 96 valence electrons. The van der Waals surface area contributed by atoms with E-state index in [1.807, 2.05) is 12.1 Å². The number of allylic oxidation sites excluding steroid dienone is 4. The molecule has 1 aliphatic carbocycles. The van der Waals surface area contributed by atoms with Gasteiger partial charge in [-0.15, -0.1) is 0 Å². The number of hydrogen-bond acceptors (Lipinski definition) is 3. The first-order chi connectivity index (χ1) is 8.80. The van der Waals surface area contributed by atoms with Crippen molar-refractivity contribution in [3.05, 3.63) is 35.9 Å². The standard InChI is InChI=1S/C15H18O3/c1-16-13-9-12(11-7-5-4-6-8-11)10-14(17-2)15(13)18-3/h5,7-10H,4,6H2,1-3H3. The zero-order chi connectivity index (χ0) is 13.0. The van der Waals surface area contributed by atoms with E-state index in [4.69, 9.17) is 14.2 Å². The van der Waals surface area contributed by atoms with Crippen molar-refractivity contribution in [3.63, 3.8) is 0 Å². The second-order valence-electron chi connectivity index (χ2n) is 4.05. The fourth-order valence-corrected chi connectivity index (χ4v) is 2.08. The van der Waals surface area contributed by atoms with Gasteiger partial charge in [0.15, 0.2) is 11.5 Å². The molecule has 1 aromatic carbocycles. The maximum atomic E-state index is 5.35. The summed E-state index contributed by atoms with van der Waals surface area (Å²) in [5.74, 6) is 2.00. The lowest BCUT2D eigenvalue weighted by atomic mass is 9.99. The molecular formula is C15H18O3. The number of ether oxygens (including phenoxy) is 3. The Kier molecular flexibility index (Phi) is 3.92. The fourth-order valence-electron chi connectivity index (χ4n) is 2.08. The van der Waals surface area contributed by atoms with Gasteiger partial charge in [0, 0.05) is 0 Å². The molecular weight excluding hydrogens is 228 g/mol. The molecule has 0 saturated carbocycles. The molecule has 0 spiro atoms. The van der Waals surface area contributed by atoms with Crippen molar-refractivity contribution in [1.29, 1.82) is 0 Å². The molecule has 3 nitrogen and oxygen atoms in total. The minimum atomic E-state index is 0.629. The van der Waals surface area contributed by atoms with E-state index in [1.165, 1.54) is 5.57 Å². The van der Waals surface area contributed by atoms with Gasteiger partial charge in [-0.1, -0.05) is 18.2 Å². The van der Waals surface area contributed by atoms with E-state index in [-0.39, 0.29) is 0 Å². The first-order valence-electron chi connectivity index (χ1n) is 5.97. The van der Waals surface area contributed by atoms with Gasteiger partial charge in [-0.25, -0.2) is 0 Å². The van der Waals surface area contributed by atoms with Crippen LogP contribution in [0.3, 0.4) is 0 Å². The van der Waals surface area contributed by atoms with Crippen LogP contribution < -0.4 is 14.2 Å². The average Bonchev–Trinajstić information content (AvgIpc) is 2.46. The van der Waals surface area contributed by atoms with Crippen molar-refractivity contribution >= 4 is 5.57 Å². The summed E-state index contributed by atoms with van der Waals surface area (Å²) in [4.78, 5) is 0. The SMILES string of the molecule is COc1cc(C2=CCCC=C2)cc(OC)c1OC. The zero-order valence-electron chi connectivity index (χ0n) is 11.0. The molecule has 0 bridgehead atoms. The minimum Gasteiger partial charge on any atom is -0.493 e. The van der Waals surface area contributed by atoms with Crippen LogP contribution in [0.25, 0.3) is 5.57 Å². The van der Waals surface area contributed by atoms with Crippen LogP contribution in [0.2, 0.25) is 0 Å². The minimum absolute atomic E-state index is 0.629. The maximum Gasteiger partial charge on any atom is 0.203 e. The third-order valence-electron chi connectivity index (χ3n) is 2.99. The largest absolute Gasteiger partial charge is 0.493 e. The maximum absolute atomic E-state index is 5.35. The van der Waals surface area contributed by atoms with Gasteiger partial charge in [0.05, 0.1) is 21.3 Å². The van der Waals surface area contributed by atoms with Gasteiger partial charge in [0.2, 0.25) is 5.75 Å². The van der Waals surface area contributed by atoms with Crippen molar-refractivity contribution in [2.24, 2.45) is 0 Å². The van der Waals surface area contributed by atoms with Crippen LogP contribution in [0, 0.1) is 0 Å². The van der Waals surface area contributed by atoms with Crippen LogP contribution in [-0.2, 0) is 0 Å². The predicted octanol–water partition coefficient (Wildman–Crippen LogP) is 3.45. The normalized spacial score (nSPS) is 14.1. The molecule has 0 heterocycles. The van der Waals surface area contributed by atoms with Gasteiger partial charge in [-0.05, 0) is 36.1 Å². The summed E-state index contributed by atoms with van der Waals surface area (Å²) in [6, 6.07) is 3.95. The average molecular weight is 246 g/mol. The highest BCUT2D eigenvalue weighted by Gasteiger charge is 2.14. The molecule has 0 N–H and O–H groups in total. The summed E-state index contributed by atoms with van der Waals surface area (Å²) in [6.45, 7) is 0. The lowest BCUT2D eigenvalue weighted by molar-refractivity contribution is 0.324. The van der Waals surface area contributed by atoms with E-state index < -0.39 is 0 Å². The van der Waals surface area contributed by atoms with E-state index in [2.05, 4.69) is 18.2 Å². The van der Waals surface area contributed by atoms with Gasteiger partial charge < -0.3 is 14.2 Å². The molecule has 0 fully saturated rings. The Morgan fingerprint density at radius 2 is 1.56 bits per heavy atom. The van der Waals surface area contributed by atoms with E-state index in [1.54, 1.807) is 21.3 Å². The Hall–Kier alpha value is -1.90. The third-order valence-corrected chi connectivity index (χ3v) is 2.99. The predicted molar refractivity (Wildman–Crippen MR) is 72.4 cm³/mol. The number of hydrogen-bond donors (Lipinski definition) is 0. The third kappa shape index (κ3) is 2.35. The monoisotopic (exact) mass is 246 g/mol. The first kappa shape index (κ1) is 12.6. The van der Waals surface area contributed by atoms with Gasteiger partial charge in [0.1, 0.15) is 0 Å². The molecule has 0 amide bonds. The molecule has 18 heavy (non-hydrogen) atoms. The summed E-state index contributed by atoms with van der Waals surface area (Å²) >= 11 is 0. The van der Waals surface area contributed by atoms with Gasteiger partial charge in [0.25, 0.3) is 0 Å². The van der Waals surface area contributed by atoms with Crippen molar-refractivity contribution in [3.8, 4) is 17.2 Å². The first-order valence-corrected chi connectivity index (χ1v) is 5.97. The second kappa shape index (κ2) is 5.63. The Morgan fingerprint density at radius 1 is 0.889 bits per heavy atom. The van der Waals surface area contributed by atoms with Crippen LogP contribution in [-0.4, -0.2) is 21.3 Å². The Labute approximate surface area is 108 Å². The molecule has 2 rings (SSSR count). The van der Waals surface area contributed by atoms with Crippen LogP contribution in [0.4, 0.5) is 0 Å². The van der Waals surface area contributed by atoms with Crippen LogP contribution >= 0.6 is 0 Å². The Morgan fingerprint density at radius 3 is 2.00 bits per heavy atom. The van der Waals surface area contributed by atoms with Crippen molar-refractivity contribution < 1.29 is 14.2 Å². The zero-order valence-corrected chi connectivity index (χ0v) is 11.0. The molecule has 1 aliphatic rings. The van der Waals surface area contributed by atoms with Gasteiger partial charge in [-0.3, -0.25) is 0 Å². The number of methoxy groups -OCH3 is 3. The number of rotatable bonds is 4. The molecule has 0 radical (unpaired) electrons. The Balaban J connectivity index is 2.49. The van der Waals surface area contributed by atoms with Crippen molar-refractivity contribution in [1.82, 2.24) is 0 Å². The Bertz CT molecular complexity index is 462. The quantitative estimate of drug-likeness (QED) is 0.814. The van der Waals surface area contributed by atoms with Crippen LogP contribution in [0.1, 0.15) is 18.4 Å². The highest BCUT2D eigenvalue weighted by molar-refractivity contribution is 5.77. The van der Waals surface area contributed by atoms with E-state index in [0.717, 1.165) is 18.4 Å². The molecule has 0 aliphatic heterocycles. The van der Waals surface area contributed by atoms with Crippen molar-refractivity contribution in [2.75, 3.05) is 21.3 Å². The van der Waals surface area contributed by atoms with Gasteiger partial charge >= 0.3 is 0 Å². The molecule has 1 aromatic rings. The summed E-state index contributed by atoms with van der Waals surface area (Å²) in [7, 11) is 4.87. The van der Waals surface area contributed by atoms with Crippen molar-refractivity contribution in [2.45, 2.75) is 12.8 Å². The summed E-state index contributed by atoms with van der Waals surface area (Å²) in [5, 5.41) is 0. The lowest BCUT2D eigenvalue weighted by Crippen LogP contribution is -1.97. The number of benzene rings is 1. The van der Waals surface area contributed by atoms with Gasteiger partial charge in [-0.2, -0.15) is 0 Å². The topological polar surface area (TPSA) is 27.7 Å². The summed E-state index contributed by atoms with van der Waals surface area (Å²) < 4.78 is 16.0. The second-order valence-corrected chi connectivity index (χ2v) is 4.05. The highest BCUT2D eigenvalue weighted by atomic mass is 16.5.